The number of nitrogens with zero attached hydrogens (tertiary/aromatic N) is 2. The topological polar surface area (TPSA) is 90.5 Å². The Labute approximate surface area is 218 Å². The number of rotatable bonds is 9. The van der Waals surface area contributed by atoms with Crippen LogP contribution in [0.15, 0.2) is 53.1 Å². The second-order valence-electron chi connectivity index (χ2n) is 10.3. The molecule has 0 aliphatic carbocycles. The maximum absolute atomic E-state index is 12.5. The molecular weight excluding hydrogens is 476 g/mol. The van der Waals surface area contributed by atoms with E-state index in [9.17, 15) is 9.59 Å². The monoisotopic (exact) mass is 515 g/mol. The zero-order valence-electron chi connectivity index (χ0n) is 22.4. The van der Waals surface area contributed by atoms with Gasteiger partial charge < -0.3 is 28.3 Å². The Morgan fingerprint density at radius 3 is 2.62 bits per heavy atom. The first kappa shape index (κ1) is 28.4. The van der Waals surface area contributed by atoms with E-state index in [1.165, 1.54) is 4.58 Å². The lowest BCUT2D eigenvalue weighted by Crippen LogP contribution is -2.47. The van der Waals surface area contributed by atoms with Crippen LogP contribution in [0.1, 0.15) is 44.9 Å². The molecular formula is C28H39N2O7+. The predicted octanol–water partition coefficient (Wildman–Crippen LogP) is 4.70. The van der Waals surface area contributed by atoms with Gasteiger partial charge in [-0.05, 0) is 44.4 Å². The van der Waals surface area contributed by atoms with Gasteiger partial charge >= 0.3 is 12.2 Å². The van der Waals surface area contributed by atoms with E-state index >= 15 is 0 Å². The van der Waals surface area contributed by atoms with Crippen molar-refractivity contribution in [2.75, 3.05) is 40.0 Å². The van der Waals surface area contributed by atoms with Gasteiger partial charge in [-0.25, -0.2) is 4.79 Å². The first-order valence-electron chi connectivity index (χ1n) is 12.6. The maximum atomic E-state index is 12.5. The summed E-state index contributed by atoms with van der Waals surface area (Å²) in [5.41, 5.74) is 0.355. The minimum absolute atomic E-state index is 0.00781. The van der Waals surface area contributed by atoms with Crippen molar-refractivity contribution in [3.05, 3.63) is 60.1 Å². The number of amides is 2. The lowest BCUT2D eigenvalue weighted by atomic mass is 9.93. The van der Waals surface area contributed by atoms with Gasteiger partial charge in [0, 0.05) is 6.54 Å². The molecule has 1 aliphatic rings. The molecule has 0 radical (unpaired) electrons. The fourth-order valence-electron chi connectivity index (χ4n) is 3.90. The number of carbonyl (C=O) groups excluding carboxylic acids is 2. The minimum atomic E-state index is -0.587. The SMILES string of the molecule is CC(COCC1CN(C(=O)OCc2ccccc2)CCO1)C(C=[N+](C)C(=O)OC(C)(C)C)c1ccco1. The second-order valence-corrected chi connectivity index (χ2v) is 10.3. The summed E-state index contributed by atoms with van der Waals surface area (Å²) in [6.07, 6.45) is 2.36. The third kappa shape index (κ3) is 9.33. The highest BCUT2D eigenvalue weighted by molar-refractivity contribution is 5.70. The first-order valence-corrected chi connectivity index (χ1v) is 12.6. The van der Waals surface area contributed by atoms with Gasteiger partial charge in [0.1, 0.15) is 25.0 Å². The fourth-order valence-corrected chi connectivity index (χ4v) is 3.90. The lowest BCUT2D eigenvalue weighted by molar-refractivity contribution is -0.416. The molecule has 2 heterocycles. The van der Waals surface area contributed by atoms with Crippen molar-refractivity contribution in [1.82, 2.24) is 4.90 Å². The van der Waals surface area contributed by atoms with Crippen LogP contribution in [0.3, 0.4) is 0 Å². The van der Waals surface area contributed by atoms with E-state index in [-0.39, 0.29) is 30.6 Å². The van der Waals surface area contributed by atoms with E-state index in [0.717, 1.165) is 11.3 Å². The van der Waals surface area contributed by atoms with Crippen LogP contribution in [0.5, 0.6) is 0 Å². The molecule has 1 aromatic carbocycles. The smallest absolute Gasteiger partial charge is 0.468 e. The maximum Gasteiger partial charge on any atom is 0.596 e. The van der Waals surface area contributed by atoms with Crippen molar-refractivity contribution < 1.29 is 37.5 Å². The molecule has 3 unspecified atom stereocenters. The molecule has 9 nitrogen and oxygen atoms in total. The Morgan fingerprint density at radius 1 is 1.19 bits per heavy atom. The van der Waals surface area contributed by atoms with Crippen molar-refractivity contribution in [2.45, 2.75) is 51.9 Å². The molecule has 0 spiro atoms. The van der Waals surface area contributed by atoms with E-state index in [2.05, 4.69) is 0 Å². The summed E-state index contributed by atoms with van der Waals surface area (Å²) in [6, 6.07) is 13.3. The summed E-state index contributed by atoms with van der Waals surface area (Å²) < 4.78 is 29.8. The molecule has 0 saturated carbocycles. The van der Waals surface area contributed by atoms with Crippen LogP contribution in [0.25, 0.3) is 0 Å². The van der Waals surface area contributed by atoms with Crippen molar-refractivity contribution in [3.63, 3.8) is 0 Å². The van der Waals surface area contributed by atoms with Gasteiger partial charge in [0.25, 0.3) is 0 Å². The molecule has 2 amide bonds. The highest BCUT2D eigenvalue weighted by Gasteiger charge is 2.30. The number of benzene rings is 1. The number of furan rings is 1. The van der Waals surface area contributed by atoms with E-state index in [4.69, 9.17) is 23.4 Å². The molecule has 1 aliphatic heterocycles. The molecule has 3 atom stereocenters. The summed E-state index contributed by atoms with van der Waals surface area (Å²) in [5, 5.41) is 0. The summed E-state index contributed by atoms with van der Waals surface area (Å²) >= 11 is 0. The highest BCUT2D eigenvalue weighted by Crippen LogP contribution is 2.24. The number of morpholine rings is 1. The Kier molecular flexibility index (Phi) is 10.3. The van der Waals surface area contributed by atoms with Crippen LogP contribution in [-0.2, 0) is 25.6 Å². The molecule has 9 heteroatoms. The van der Waals surface area contributed by atoms with Crippen molar-refractivity contribution in [2.24, 2.45) is 5.92 Å². The van der Waals surface area contributed by atoms with Crippen molar-refractivity contribution >= 4 is 18.4 Å². The number of carbonyl (C=O) groups is 2. The molecule has 202 valence electrons. The van der Waals surface area contributed by atoms with Gasteiger partial charge in [-0.3, -0.25) is 0 Å². The summed E-state index contributed by atoms with van der Waals surface area (Å²) in [4.78, 5) is 26.6. The van der Waals surface area contributed by atoms with Crippen LogP contribution in [-0.4, -0.2) is 79.5 Å². The van der Waals surface area contributed by atoms with Crippen LogP contribution in [0.4, 0.5) is 9.59 Å². The Hall–Kier alpha value is -3.17. The van der Waals surface area contributed by atoms with Gasteiger partial charge in [-0.1, -0.05) is 37.3 Å². The fraction of sp³-hybridized carbons (Fsp3) is 0.536. The van der Waals surface area contributed by atoms with Crippen LogP contribution in [0.2, 0.25) is 0 Å². The van der Waals surface area contributed by atoms with Gasteiger partial charge in [0.15, 0.2) is 6.21 Å². The first-order chi connectivity index (χ1) is 17.6. The van der Waals surface area contributed by atoms with Crippen LogP contribution in [0, 0.1) is 5.92 Å². The zero-order valence-corrected chi connectivity index (χ0v) is 22.4. The largest absolute Gasteiger partial charge is 0.596 e. The molecule has 3 rings (SSSR count). The molecule has 1 saturated heterocycles. The summed E-state index contributed by atoms with van der Waals surface area (Å²) in [6.45, 7) is 9.79. The average Bonchev–Trinajstić information content (AvgIpc) is 3.40. The molecule has 0 N–H and O–H groups in total. The second kappa shape index (κ2) is 13.4. The van der Waals surface area contributed by atoms with Crippen molar-refractivity contribution in [3.8, 4) is 0 Å². The van der Waals surface area contributed by atoms with Gasteiger partial charge in [0.05, 0.1) is 44.7 Å². The molecule has 1 aromatic heterocycles. The predicted molar refractivity (Wildman–Crippen MR) is 138 cm³/mol. The van der Waals surface area contributed by atoms with E-state index in [1.54, 1.807) is 24.4 Å². The minimum Gasteiger partial charge on any atom is -0.468 e. The quantitative estimate of drug-likeness (QED) is 0.353. The van der Waals surface area contributed by atoms with E-state index in [1.807, 2.05) is 70.2 Å². The standard InChI is InChI=1S/C28H39N2O7/c1-21(24(25-12-9-14-35-25)17-29(5)26(31)37-28(2,3)4)18-33-20-23-16-30(13-15-34-23)27(32)36-19-22-10-7-6-8-11-22/h6-12,14,17,21,23-24H,13,15-16,18-20H2,1-5H3/q+1. The normalized spacial score (nSPS) is 18.2. The molecule has 1 fully saturated rings. The third-order valence-electron chi connectivity index (χ3n) is 5.84. The van der Waals surface area contributed by atoms with Gasteiger partial charge in [-0.2, -0.15) is 4.79 Å². The highest BCUT2D eigenvalue weighted by atomic mass is 16.6. The molecule has 37 heavy (non-hydrogen) atoms. The zero-order chi connectivity index (χ0) is 26.8. The average molecular weight is 516 g/mol. The summed E-state index contributed by atoms with van der Waals surface area (Å²) in [5.74, 6) is 0.517. The third-order valence-corrected chi connectivity index (χ3v) is 5.84. The summed E-state index contributed by atoms with van der Waals surface area (Å²) in [7, 11) is 1.67. The lowest BCUT2D eigenvalue weighted by Gasteiger charge is -2.32. The van der Waals surface area contributed by atoms with Gasteiger partial charge in [0.2, 0.25) is 0 Å². The number of ether oxygens (including phenoxy) is 4. The molecule has 0 bridgehead atoms. The van der Waals surface area contributed by atoms with E-state index < -0.39 is 11.7 Å². The van der Waals surface area contributed by atoms with Gasteiger partial charge in [-0.15, -0.1) is 4.58 Å². The van der Waals surface area contributed by atoms with Crippen molar-refractivity contribution in [1.29, 1.82) is 0 Å². The van der Waals surface area contributed by atoms with E-state index in [0.29, 0.717) is 32.9 Å². The Morgan fingerprint density at radius 2 is 1.95 bits per heavy atom. The Bertz CT molecular complexity index is 1010. The van der Waals surface area contributed by atoms with Crippen LogP contribution >= 0.6 is 0 Å². The van der Waals surface area contributed by atoms with Crippen LogP contribution < -0.4 is 0 Å². The number of hydrogen-bond donors (Lipinski definition) is 0. The Balaban J connectivity index is 1.50. The molecule has 2 aromatic rings. The number of hydrogen-bond acceptors (Lipinski definition) is 7.